The molecule has 0 aromatic heterocycles. The van der Waals surface area contributed by atoms with Gasteiger partial charge in [0.05, 0.1) is 0 Å². The van der Waals surface area contributed by atoms with Gasteiger partial charge in [0.2, 0.25) is 5.92 Å². The van der Waals surface area contributed by atoms with Gasteiger partial charge in [-0.05, 0) is 19.1 Å². The van der Waals surface area contributed by atoms with E-state index in [0.717, 1.165) is 0 Å². The number of aliphatic hydroxyl groups excluding tert-OH is 1. The van der Waals surface area contributed by atoms with Crippen molar-refractivity contribution in [2.24, 2.45) is 0 Å². The van der Waals surface area contributed by atoms with E-state index < -0.39 is 5.92 Å². The van der Waals surface area contributed by atoms with Crippen LogP contribution in [0.3, 0.4) is 0 Å². The lowest BCUT2D eigenvalue weighted by atomic mass is 9.44. The summed E-state index contributed by atoms with van der Waals surface area (Å²) in [7, 11) is 0. The molecular formula is C7H11BF2O. The van der Waals surface area contributed by atoms with Crippen LogP contribution in [0.2, 0.25) is 18.5 Å². The van der Waals surface area contributed by atoms with Gasteiger partial charge in [0, 0.05) is 12.5 Å². The van der Waals surface area contributed by atoms with E-state index in [9.17, 15) is 8.78 Å². The molecule has 4 heteroatoms. The van der Waals surface area contributed by atoms with Crippen LogP contribution in [0.5, 0.6) is 0 Å². The van der Waals surface area contributed by atoms with E-state index in [2.05, 4.69) is 0 Å². The fourth-order valence-electron chi connectivity index (χ4n) is 2.53. The summed E-state index contributed by atoms with van der Waals surface area (Å²) >= 11 is 0. The molecule has 2 atom stereocenters. The SMILES string of the molecule is OC1CB2CC(F)(F)CC2C1. The molecule has 0 aliphatic carbocycles. The maximum absolute atomic E-state index is 12.7. The van der Waals surface area contributed by atoms with Crippen molar-refractivity contribution < 1.29 is 13.9 Å². The van der Waals surface area contributed by atoms with Crippen LogP contribution in [0.4, 0.5) is 8.78 Å². The number of alkyl halides is 2. The monoisotopic (exact) mass is 160 g/mol. The van der Waals surface area contributed by atoms with E-state index in [0.29, 0.717) is 12.7 Å². The molecule has 2 saturated heterocycles. The summed E-state index contributed by atoms with van der Waals surface area (Å²) in [4.78, 5) is 0. The molecular weight excluding hydrogens is 149 g/mol. The van der Waals surface area contributed by atoms with Crippen LogP contribution in [0.1, 0.15) is 12.8 Å². The summed E-state index contributed by atoms with van der Waals surface area (Å²) in [5.41, 5.74) is 0. The molecule has 0 aromatic rings. The van der Waals surface area contributed by atoms with Gasteiger partial charge in [-0.3, -0.25) is 0 Å². The highest BCUT2D eigenvalue weighted by molar-refractivity contribution is 6.62. The van der Waals surface area contributed by atoms with Crippen LogP contribution < -0.4 is 0 Å². The minimum absolute atomic E-state index is 0.00866. The number of aliphatic hydroxyl groups is 1. The molecule has 0 spiro atoms. The maximum atomic E-state index is 12.7. The Balaban J connectivity index is 2.04. The van der Waals surface area contributed by atoms with Crippen LogP contribution in [0, 0.1) is 0 Å². The molecule has 2 aliphatic heterocycles. The molecule has 2 aliphatic rings. The van der Waals surface area contributed by atoms with Crippen molar-refractivity contribution in [1.82, 2.24) is 0 Å². The van der Waals surface area contributed by atoms with Crippen molar-refractivity contribution in [1.29, 1.82) is 0 Å². The normalized spacial score (nSPS) is 41.2. The second-order valence-electron chi connectivity index (χ2n) is 3.91. The van der Waals surface area contributed by atoms with Gasteiger partial charge in [0.1, 0.15) is 0 Å². The Morgan fingerprint density at radius 3 is 2.82 bits per heavy atom. The van der Waals surface area contributed by atoms with Gasteiger partial charge in [-0.2, -0.15) is 0 Å². The number of halogens is 2. The topological polar surface area (TPSA) is 20.2 Å². The maximum Gasteiger partial charge on any atom is 0.241 e. The van der Waals surface area contributed by atoms with E-state index >= 15 is 0 Å². The van der Waals surface area contributed by atoms with Gasteiger partial charge in [-0.15, -0.1) is 0 Å². The van der Waals surface area contributed by atoms with Gasteiger partial charge >= 0.3 is 0 Å². The molecule has 2 rings (SSSR count). The number of rotatable bonds is 0. The van der Waals surface area contributed by atoms with Crippen LogP contribution in [0.15, 0.2) is 0 Å². The molecule has 0 saturated carbocycles. The first-order valence-corrected chi connectivity index (χ1v) is 4.13. The first-order valence-electron chi connectivity index (χ1n) is 4.13. The fraction of sp³-hybridized carbons (Fsp3) is 1.00. The highest BCUT2D eigenvalue weighted by Gasteiger charge is 2.51. The van der Waals surface area contributed by atoms with Crippen LogP contribution in [-0.4, -0.2) is 23.8 Å². The zero-order valence-electron chi connectivity index (χ0n) is 6.26. The summed E-state index contributed by atoms with van der Waals surface area (Å²) in [6.45, 7) is 0.0972. The lowest BCUT2D eigenvalue weighted by molar-refractivity contribution is 0.0183. The van der Waals surface area contributed by atoms with Crippen LogP contribution >= 0.6 is 0 Å². The van der Waals surface area contributed by atoms with Gasteiger partial charge < -0.3 is 5.11 Å². The summed E-state index contributed by atoms with van der Waals surface area (Å²) in [5, 5.41) is 9.16. The van der Waals surface area contributed by atoms with E-state index in [1.54, 1.807) is 0 Å². The summed E-state index contributed by atoms with van der Waals surface area (Å²) in [6.07, 6.45) is 0.908. The van der Waals surface area contributed by atoms with Crippen molar-refractivity contribution in [3.05, 3.63) is 0 Å². The van der Waals surface area contributed by atoms with Crippen LogP contribution in [-0.2, 0) is 0 Å². The summed E-state index contributed by atoms with van der Waals surface area (Å²) < 4.78 is 25.4. The quantitative estimate of drug-likeness (QED) is 0.534. The fourth-order valence-corrected chi connectivity index (χ4v) is 2.53. The largest absolute Gasteiger partial charge is 0.394 e. The van der Waals surface area contributed by atoms with E-state index in [-0.39, 0.29) is 31.4 Å². The van der Waals surface area contributed by atoms with E-state index in [1.807, 2.05) is 0 Å². The van der Waals surface area contributed by atoms with Crippen LogP contribution in [0.25, 0.3) is 0 Å². The predicted molar refractivity (Wildman–Crippen MR) is 39.3 cm³/mol. The second-order valence-corrected chi connectivity index (χ2v) is 3.91. The van der Waals surface area contributed by atoms with Gasteiger partial charge in [-0.1, -0.05) is 5.82 Å². The first kappa shape index (κ1) is 7.53. The Kier molecular flexibility index (Phi) is 1.50. The lowest BCUT2D eigenvalue weighted by Crippen LogP contribution is -2.15. The highest BCUT2D eigenvalue weighted by Crippen LogP contribution is 2.50. The van der Waals surface area contributed by atoms with Crippen molar-refractivity contribution in [2.75, 3.05) is 0 Å². The Morgan fingerprint density at radius 1 is 1.45 bits per heavy atom. The second kappa shape index (κ2) is 2.19. The minimum atomic E-state index is -2.44. The molecule has 0 radical (unpaired) electrons. The Labute approximate surface area is 64.9 Å². The third-order valence-electron chi connectivity index (χ3n) is 2.94. The third kappa shape index (κ3) is 1.28. The average Bonchev–Trinajstić information content (AvgIpc) is 2.17. The zero-order chi connectivity index (χ0) is 8.06. The van der Waals surface area contributed by atoms with Gasteiger partial charge in [0.25, 0.3) is 0 Å². The predicted octanol–water partition coefficient (Wildman–Crippen LogP) is 1.66. The summed E-state index contributed by atoms with van der Waals surface area (Å²) in [6, 6.07) is 0. The zero-order valence-corrected chi connectivity index (χ0v) is 6.26. The summed E-state index contributed by atoms with van der Waals surface area (Å²) in [5.74, 6) is -2.34. The van der Waals surface area contributed by atoms with Gasteiger partial charge in [0.15, 0.2) is 6.71 Å². The van der Waals surface area contributed by atoms with Gasteiger partial charge in [-0.25, -0.2) is 8.78 Å². The highest BCUT2D eigenvalue weighted by atomic mass is 19.3. The molecule has 2 heterocycles. The minimum Gasteiger partial charge on any atom is -0.394 e. The number of hydrogen-bond donors (Lipinski definition) is 1. The van der Waals surface area contributed by atoms with E-state index in [1.165, 1.54) is 0 Å². The Morgan fingerprint density at radius 2 is 2.18 bits per heavy atom. The number of hydrogen-bond acceptors (Lipinski definition) is 1. The molecule has 0 aromatic carbocycles. The first-order chi connectivity index (χ1) is 5.07. The third-order valence-corrected chi connectivity index (χ3v) is 2.94. The molecule has 62 valence electrons. The Hall–Kier alpha value is -0.115. The van der Waals surface area contributed by atoms with Crippen molar-refractivity contribution >= 4 is 6.71 Å². The van der Waals surface area contributed by atoms with E-state index in [4.69, 9.17) is 5.11 Å². The molecule has 2 fully saturated rings. The Bertz CT molecular complexity index is 158. The standard InChI is InChI=1S/C7H11BF2O/c9-7(10)2-5-1-6(11)3-8(5)4-7/h5-6,11H,1-4H2. The molecule has 11 heavy (non-hydrogen) atoms. The molecule has 0 amide bonds. The van der Waals surface area contributed by atoms with Crippen molar-refractivity contribution in [2.45, 2.75) is 43.3 Å². The molecule has 2 unspecified atom stereocenters. The molecule has 0 bridgehead atoms. The lowest BCUT2D eigenvalue weighted by Gasteiger charge is -2.10. The number of fused-ring (bicyclic) bond motifs is 1. The molecule has 1 N–H and O–H groups in total. The average molecular weight is 160 g/mol. The van der Waals surface area contributed by atoms with Crippen molar-refractivity contribution in [3.63, 3.8) is 0 Å². The molecule has 1 nitrogen and oxygen atoms in total. The smallest absolute Gasteiger partial charge is 0.241 e. The van der Waals surface area contributed by atoms with Crippen molar-refractivity contribution in [3.8, 4) is 0 Å².